The van der Waals surface area contributed by atoms with E-state index in [4.69, 9.17) is 31.4 Å². The van der Waals surface area contributed by atoms with E-state index in [9.17, 15) is 8.76 Å². The summed E-state index contributed by atoms with van der Waals surface area (Å²) in [6, 6.07) is 18.1. The Hall–Kier alpha value is -4.55. The van der Waals surface area contributed by atoms with Crippen molar-refractivity contribution in [3.8, 4) is 17.2 Å². The van der Waals surface area contributed by atoms with Crippen LogP contribution in [-0.2, 0) is 17.5 Å². The number of nitrogen functional groups attached to an aromatic ring is 3. The van der Waals surface area contributed by atoms with Crippen molar-refractivity contribution in [3.63, 3.8) is 0 Å². The number of rotatable bonds is 12. The van der Waals surface area contributed by atoms with Crippen molar-refractivity contribution in [2.24, 2.45) is 0 Å². The van der Waals surface area contributed by atoms with Crippen LogP contribution in [0.25, 0.3) is 0 Å². The Morgan fingerprint density at radius 2 is 1.52 bits per heavy atom. The molecule has 0 aliphatic rings. The summed E-state index contributed by atoms with van der Waals surface area (Å²) in [5, 5.41) is 0. The summed E-state index contributed by atoms with van der Waals surface area (Å²) in [7, 11) is 3.13. The van der Waals surface area contributed by atoms with Gasteiger partial charge in [0.25, 0.3) is 0 Å². The molecule has 40 heavy (non-hydrogen) atoms. The van der Waals surface area contributed by atoms with Gasteiger partial charge in [-0.15, -0.1) is 0 Å². The van der Waals surface area contributed by atoms with Gasteiger partial charge in [-0.2, -0.15) is 4.98 Å². The van der Waals surface area contributed by atoms with E-state index in [0.29, 0.717) is 59.6 Å². The molecule has 0 saturated heterocycles. The van der Waals surface area contributed by atoms with Gasteiger partial charge in [0.15, 0.2) is 22.6 Å². The predicted molar refractivity (Wildman–Crippen MR) is 157 cm³/mol. The van der Waals surface area contributed by atoms with E-state index in [1.165, 1.54) is 0 Å². The van der Waals surface area contributed by atoms with Crippen molar-refractivity contribution >= 4 is 39.9 Å². The molecule has 0 spiro atoms. The highest BCUT2D eigenvalue weighted by Gasteiger charge is 2.17. The Bertz CT molecular complexity index is 1440. The van der Waals surface area contributed by atoms with Crippen molar-refractivity contribution < 1.29 is 23.0 Å². The third kappa shape index (κ3) is 6.90. The largest absolute Gasteiger partial charge is 0.493 e. The molecule has 11 nitrogen and oxygen atoms in total. The number of methoxy groups -OCH3 is 2. The minimum atomic E-state index is -2.04. The average molecular weight is 565 g/mol. The zero-order valence-corrected chi connectivity index (χ0v) is 23.1. The maximum Gasteiger partial charge on any atom is 0.221 e. The first kappa shape index (κ1) is 28.5. The lowest BCUT2D eigenvalue weighted by atomic mass is 10.1. The van der Waals surface area contributed by atoms with E-state index < -0.39 is 11.1 Å². The molecule has 0 amide bonds. The molecule has 0 bridgehead atoms. The third-order valence-corrected chi connectivity index (χ3v) is 6.83. The fourth-order valence-corrected chi connectivity index (χ4v) is 4.54. The number of hydrogen-bond donors (Lipinski definition) is 4. The number of benzene rings is 3. The Kier molecular flexibility index (Phi) is 9.25. The Morgan fingerprint density at radius 3 is 2.08 bits per heavy atom. The van der Waals surface area contributed by atoms with Gasteiger partial charge in [0.2, 0.25) is 11.7 Å². The number of nitrogens with zero attached hydrogens (tertiary/aromatic N) is 3. The first-order valence-corrected chi connectivity index (χ1v) is 13.5. The summed E-state index contributed by atoms with van der Waals surface area (Å²) >= 11 is -2.04. The summed E-state index contributed by atoms with van der Waals surface area (Å²) in [5.74, 6) is 1.97. The molecule has 4 aromatic rings. The summed E-state index contributed by atoms with van der Waals surface area (Å²) in [6.45, 7) is 0.972. The van der Waals surface area contributed by atoms with Crippen LogP contribution in [-0.4, -0.2) is 46.1 Å². The third-order valence-electron chi connectivity index (χ3n) is 6.16. The van der Waals surface area contributed by atoms with Crippen molar-refractivity contribution in [2.75, 3.05) is 49.5 Å². The molecule has 12 heteroatoms. The summed E-state index contributed by atoms with van der Waals surface area (Å²) in [6.07, 6.45) is 2.70. The molecule has 1 heterocycles. The zero-order chi connectivity index (χ0) is 28.6. The van der Waals surface area contributed by atoms with Gasteiger partial charge in [0.1, 0.15) is 5.82 Å². The standard InChI is InChI=1S/C28H32N6O5S/c1-37-24-15-18(14-19-17-32-28(31)33-27(19)30)16-25(38-2)26(24)39-13-3-12-34(21-6-4-20(29)5-7-21)22-8-10-23(11-9-22)40(35)36/h4-11,15-17H,3,12-14,29H2,1-2H3,(H,35,36)(H4,30,31,32,33). The minimum absolute atomic E-state index is 0.119. The summed E-state index contributed by atoms with van der Waals surface area (Å²) in [4.78, 5) is 10.5. The van der Waals surface area contributed by atoms with E-state index in [1.54, 1.807) is 32.5 Å². The highest BCUT2D eigenvalue weighted by molar-refractivity contribution is 7.79. The molecule has 0 radical (unpaired) electrons. The van der Waals surface area contributed by atoms with Gasteiger partial charge in [-0.05, 0) is 72.6 Å². The average Bonchev–Trinajstić information content (AvgIpc) is 2.95. The van der Waals surface area contributed by atoms with E-state index in [-0.39, 0.29) is 5.95 Å². The van der Waals surface area contributed by atoms with Gasteiger partial charge in [0, 0.05) is 41.8 Å². The van der Waals surface area contributed by atoms with Gasteiger partial charge >= 0.3 is 0 Å². The summed E-state index contributed by atoms with van der Waals surface area (Å²) in [5.41, 5.74) is 21.6. The van der Waals surface area contributed by atoms with Crippen LogP contribution in [0.3, 0.4) is 0 Å². The zero-order valence-electron chi connectivity index (χ0n) is 22.2. The molecule has 1 unspecified atom stereocenters. The first-order chi connectivity index (χ1) is 19.3. The molecule has 0 aliphatic carbocycles. The second-order valence-electron chi connectivity index (χ2n) is 8.83. The van der Waals surface area contributed by atoms with Crippen molar-refractivity contribution in [2.45, 2.75) is 17.7 Å². The van der Waals surface area contributed by atoms with Crippen molar-refractivity contribution in [1.29, 1.82) is 0 Å². The van der Waals surface area contributed by atoms with Crippen LogP contribution in [0.4, 0.5) is 28.8 Å². The van der Waals surface area contributed by atoms with Crippen molar-refractivity contribution in [3.05, 3.63) is 78.0 Å². The topological polar surface area (TPSA) is 172 Å². The number of nitrogens with two attached hydrogens (primary N) is 3. The highest BCUT2D eigenvalue weighted by atomic mass is 32.2. The SMILES string of the molecule is COc1cc(Cc2cnc(N)nc2N)cc(OC)c1OCCCN(c1ccc(N)cc1)c1ccc(S(=O)O)cc1. The number of hydrogen-bond acceptors (Lipinski definition) is 10. The molecular formula is C28H32N6O5S. The van der Waals surface area contributed by atoms with Gasteiger partial charge in [-0.25, -0.2) is 9.19 Å². The molecule has 1 aromatic heterocycles. The molecule has 210 valence electrons. The summed E-state index contributed by atoms with van der Waals surface area (Å²) < 4.78 is 38.2. The van der Waals surface area contributed by atoms with Gasteiger partial charge in [0.05, 0.1) is 25.7 Å². The maximum absolute atomic E-state index is 11.4. The number of aromatic nitrogens is 2. The van der Waals surface area contributed by atoms with Gasteiger partial charge in [-0.3, -0.25) is 0 Å². The fraction of sp³-hybridized carbons (Fsp3) is 0.214. The maximum atomic E-state index is 11.4. The minimum Gasteiger partial charge on any atom is -0.493 e. The first-order valence-electron chi connectivity index (χ1n) is 12.4. The lowest BCUT2D eigenvalue weighted by Crippen LogP contribution is -2.20. The van der Waals surface area contributed by atoms with Crippen molar-refractivity contribution in [1.82, 2.24) is 9.97 Å². The lowest BCUT2D eigenvalue weighted by Gasteiger charge is -2.25. The highest BCUT2D eigenvalue weighted by Crippen LogP contribution is 2.39. The van der Waals surface area contributed by atoms with Gasteiger partial charge in [-0.1, -0.05) is 0 Å². The fourth-order valence-electron chi connectivity index (χ4n) is 4.17. The molecule has 4 rings (SSSR count). The van der Waals surface area contributed by atoms with E-state index in [2.05, 4.69) is 14.9 Å². The van der Waals surface area contributed by atoms with Crippen LogP contribution in [0, 0.1) is 0 Å². The molecule has 0 aliphatic heterocycles. The second kappa shape index (κ2) is 13.0. The molecular weight excluding hydrogens is 532 g/mol. The molecule has 0 fully saturated rings. The second-order valence-corrected chi connectivity index (χ2v) is 9.80. The monoisotopic (exact) mass is 564 g/mol. The quantitative estimate of drug-likeness (QED) is 0.111. The molecule has 1 atom stereocenters. The molecule has 3 aromatic carbocycles. The number of ether oxygens (including phenoxy) is 3. The Morgan fingerprint density at radius 1 is 0.925 bits per heavy atom. The Labute approximate surface area is 235 Å². The van der Waals surface area contributed by atoms with E-state index in [0.717, 1.165) is 22.5 Å². The molecule has 0 saturated carbocycles. The Balaban J connectivity index is 1.49. The van der Waals surface area contributed by atoms with Crippen LogP contribution in [0.15, 0.2) is 71.8 Å². The lowest BCUT2D eigenvalue weighted by molar-refractivity contribution is 0.272. The van der Waals surface area contributed by atoms with E-state index in [1.807, 2.05) is 48.5 Å². The number of anilines is 5. The van der Waals surface area contributed by atoms with Crippen LogP contribution < -0.4 is 36.3 Å². The van der Waals surface area contributed by atoms with Crippen LogP contribution in [0.2, 0.25) is 0 Å². The van der Waals surface area contributed by atoms with Gasteiger partial charge < -0.3 is 40.9 Å². The van der Waals surface area contributed by atoms with Crippen LogP contribution in [0.1, 0.15) is 17.5 Å². The van der Waals surface area contributed by atoms with Crippen LogP contribution >= 0.6 is 0 Å². The van der Waals surface area contributed by atoms with Crippen LogP contribution in [0.5, 0.6) is 17.2 Å². The molecule has 7 N–H and O–H groups in total. The van der Waals surface area contributed by atoms with E-state index >= 15 is 0 Å². The smallest absolute Gasteiger partial charge is 0.221 e. The normalized spacial score (nSPS) is 11.6. The predicted octanol–water partition coefficient (Wildman–Crippen LogP) is 4.02.